The minimum atomic E-state index is 0.547. The molecule has 96 valence electrons. The van der Waals surface area contributed by atoms with E-state index in [0.29, 0.717) is 11.6 Å². The Morgan fingerprint density at radius 2 is 1.94 bits per heavy atom. The third-order valence-corrected chi connectivity index (χ3v) is 4.02. The van der Waals surface area contributed by atoms with Crippen molar-refractivity contribution >= 4 is 23.0 Å². The van der Waals surface area contributed by atoms with Gasteiger partial charge in [-0.3, -0.25) is 0 Å². The van der Waals surface area contributed by atoms with Gasteiger partial charge < -0.3 is 11.1 Å². The zero-order valence-corrected chi connectivity index (χ0v) is 11.8. The molecule has 0 fully saturated rings. The van der Waals surface area contributed by atoms with Gasteiger partial charge in [0.25, 0.3) is 0 Å². The van der Waals surface area contributed by atoms with Crippen molar-refractivity contribution in [2.24, 2.45) is 0 Å². The molecule has 0 atom stereocenters. The van der Waals surface area contributed by atoms with Crippen LogP contribution in [0, 0.1) is 13.8 Å². The molecule has 0 amide bonds. The number of rotatable bonds is 4. The monoisotopic (exact) mass is 262 g/mol. The van der Waals surface area contributed by atoms with Crippen LogP contribution in [-0.2, 0) is 13.0 Å². The van der Waals surface area contributed by atoms with Crippen LogP contribution in [0.2, 0.25) is 0 Å². The van der Waals surface area contributed by atoms with Gasteiger partial charge in [0.15, 0.2) is 0 Å². The molecule has 2 aromatic heterocycles. The second-order valence-corrected chi connectivity index (χ2v) is 5.46. The fraction of sp³-hybridized carbons (Fsp3) is 0.385. The van der Waals surface area contributed by atoms with Crippen molar-refractivity contribution < 1.29 is 0 Å². The first-order chi connectivity index (χ1) is 8.60. The Bertz CT molecular complexity index is 548. The number of nitrogens with one attached hydrogen (secondary N) is 1. The predicted molar refractivity (Wildman–Crippen MR) is 76.9 cm³/mol. The van der Waals surface area contributed by atoms with Crippen LogP contribution >= 0.6 is 11.3 Å². The van der Waals surface area contributed by atoms with Crippen LogP contribution in [-0.4, -0.2) is 9.97 Å². The lowest BCUT2D eigenvalue weighted by atomic mass is 10.3. The average Bonchev–Trinajstić information content (AvgIpc) is 2.80. The highest BCUT2D eigenvalue weighted by atomic mass is 32.1. The molecule has 0 radical (unpaired) electrons. The summed E-state index contributed by atoms with van der Waals surface area (Å²) in [5, 5.41) is 3.33. The number of aryl methyl sites for hydroxylation is 2. The molecule has 0 aromatic carbocycles. The molecule has 0 aliphatic rings. The largest absolute Gasteiger partial charge is 0.383 e. The van der Waals surface area contributed by atoms with Crippen molar-refractivity contribution in [3.8, 4) is 0 Å². The van der Waals surface area contributed by atoms with E-state index in [1.54, 1.807) is 0 Å². The van der Waals surface area contributed by atoms with Gasteiger partial charge in [0.1, 0.15) is 17.5 Å². The Balaban J connectivity index is 2.10. The van der Waals surface area contributed by atoms with Crippen molar-refractivity contribution in [2.45, 2.75) is 33.7 Å². The summed E-state index contributed by atoms with van der Waals surface area (Å²) in [6.45, 7) is 6.73. The Morgan fingerprint density at radius 1 is 1.22 bits per heavy atom. The van der Waals surface area contributed by atoms with E-state index in [4.69, 9.17) is 5.73 Å². The fourth-order valence-corrected chi connectivity index (χ4v) is 2.60. The summed E-state index contributed by atoms with van der Waals surface area (Å²) in [6, 6.07) is 4.33. The third-order valence-electron chi connectivity index (χ3n) is 2.79. The zero-order valence-electron chi connectivity index (χ0n) is 10.9. The van der Waals surface area contributed by atoms with Gasteiger partial charge in [-0.1, -0.05) is 6.92 Å². The highest BCUT2D eigenvalue weighted by molar-refractivity contribution is 7.12. The number of anilines is 2. The molecule has 0 aliphatic carbocycles. The highest BCUT2D eigenvalue weighted by Crippen LogP contribution is 2.21. The van der Waals surface area contributed by atoms with Crippen molar-refractivity contribution in [3.63, 3.8) is 0 Å². The number of hydrogen-bond acceptors (Lipinski definition) is 5. The van der Waals surface area contributed by atoms with Crippen LogP contribution in [0.15, 0.2) is 12.1 Å². The lowest BCUT2D eigenvalue weighted by molar-refractivity contribution is 1.02. The number of nitrogens with zero attached hydrogens (tertiary/aromatic N) is 2. The van der Waals surface area contributed by atoms with E-state index in [-0.39, 0.29) is 0 Å². The van der Waals surface area contributed by atoms with Crippen LogP contribution < -0.4 is 11.1 Å². The maximum atomic E-state index is 5.83. The molecule has 5 heteroatoms. The maximum Gasteiger partial charge on any atom is 0.135 e. The van der Waals surface area contributed by atoms with Crippen molar-refractivity contribution in [1.29, 1.82) is 0 Å². The zero-order chi connectivity index (χ0) is 13.1. The standard InChI is InChI=1S/C13H18N4S/c1-4-10-5-6-11(18-10)7-15-13-8(2)12(14)16-9(3)17-13/h5-6H,4,7H2,1-3H3,(H3,14,15,16,17). The first kappa shape index (κ1) is 12.8. The smallest absolute Gasteiger partial charge is 0.135 e. The maximum absolute atomic E-state index is 5.83. The predicted octanol–water partition coefficient (Wildman–Crippen LogP) is 2.91. The molecule has 18 heavy (non-hydrogen) atoms. The molecule has 0 unspecified atom stereocenters. The first-order valence-electron chi connectivity index (χ1n) is 6.02. The van der Waals surface area contributed by atoms with E-state index in [2.05, 4.69) is 34.3 Å². The van der Waals surface area contributed by atoms with E-state index in [0.717, 1.165) is 24.3 Å². The topological polar surface area (TPSA) is 63.8 Å². The Morgan fingerprint density at radius 3 is 2.61 bits per heavy atom. The molecule has 0 saturated heterocycles. The number of thiophene rings is 1. The lowest BCUT2D eigenvalue weighted by Crippen LogP contribution is -2.07. The van der Waals surface area contributed by atoms with Gasteiger partial charge in [-0.15, -0.1) is 11.3 Å². The minimum absolute atomic E-state index is 0.547. The molecule has 0 aliphatic heterocycles. The fourth-order valence-electron chi connectivity index (χ4n) is 1.70. The summed E-state index contributed by atoms with van der Waals surface area (Å²) in [4.78, 5) is 11.2. The first-order valence-corrected chi connectivity index (χ1v) is 6.84. The molecule has 2 heterocycles. The summed E-state index contributed by atoms with van der Waals surface area (Å²) >= 11 is 1.83. The molecule has 0 spiro atoms. The van der Waals surface area contributed by atoms with Crippen molar-refractivity contribution in [1.82, 2.24) is 9.97 Å². The Hall–Kier alpha value is -1.62. The van der Waals surface area contributed by atoms with Gasteiger partial charge in [-0.25, -0.2) is 9.97 Å². The van der Waals surface area contributed by atoms with Crippen molar-refractivity contribution in [3.05, 3.63) is 33.3 Å². The van der Waals surface area contributed by atoms with E-state index in [9.17, 15) is 0 Å². The summed E-state index contributed by atoms with van der Waals surface area (Å²) in [7, 11) is 0. The molecule has 2 aromatic rings. The molecule has 0 saturated carbocycles. The third kappa shape index (κ3) is 2.79. The van der Waals surface area contributed by atoms with Crippen molar-refractivity contribution in [2.75, 3.05) is 11.1 Å². The van der Waals surface area contributed by atoms with Crippen LogP contribution in [0.5, 0.6) is 0 Å². The van der Waals surface area contributed by atoms with Crippen LogP contribution in [0.1, 0.15) is 28.1 Å². The number of hydrogen-bond donors (Lipinski definition) is 2. The van der Waals surface area contributed by atoms with E-state index in [1.807, 2.05) is 25.2 Å². The molecular weight excluding hydrogens is 244 g/mol. The molecule has 2 rings (SSSR count). The second kappa shape index (κ2) is 5.35. The number of aromatic nitrogens is 2. The molecule has 3 N–H and O–H groups in total. The number of nitrogen functional groups attached to an aromatic ring is 1. The minimum Gasteiger partial charge on any atom is -0.383 e. The van der Waals surface area contributed by atoms with Crippen LogP contribution in [0.25, 0.3) is 0 Å². The second-order valence-electron chi connectivity index (χ2n) is 4.20. The van der Waals surface area contributed by atoms with Gasteiger partial charge in [0.05, 0.1) is 6.54 Å². The summed E-state index contributed by atoms with van der Waals surface area (Å²) in [5.74, 6) is 2.07. The van der Waals surface area contributed by atoms with E-state index < -0.39 is 0 Å². The van der Waals surface area contributed by atoms with E-state index in [1.165, 1.54) is 9.75 Å². The van der Waals surface area contributed by atoms with Gasteiger partial charge in [0, 0.05) is 15.3 Å². The summed E-state index contributed by atoms with van der Waals surface area (Å²) < 4.78 is 0. The van der Waals surface area contributed by atoms with Crippen LogP contribution in [0.3, 0.4) is 0 Å². The quantitative estimate of drug-likeness (QED) is 0.889. The average molecular weight is 262 g/mol. The lowest BCUT2D eigenvalue weighted by Gasteiger charge is -2.09. The number of nitrogens with two attached hydrogens (primary N) is 1. The van der Waals surface area contributed by atoms with Gasteiger partial charge in [-0.2, -0.15) is 0 Å². The molecular formula is C13H18N4S. The van der Waals surface area contributed by atoms with Gasteiger partial charge >= 0.3 is 0 Å². The SMILES string of the molecule is CCc1ccc(CNc2nc(C)nc(N)c2C)s1. The summed E-state index contributed by atoms with van der Waals surface area (Å²) in [6.07, 6.45) is 1.09. The Kier molecular flexibility index (Phi) is 3.81. The van der Waals surface area contributed by atoms with Gasteiger partial charge in [0.2, 0.25) is 0 Å². The van der Waals surface area contributed by atoms with Crippen LogP contribution in [0.4, 0.5) is 11.6 Å². The highest BCUT2D eigenvalue weighted by Gasteiger charge is 2.06. The van der Waals surface area contributed by atoms with E-state index >= 15 is 0 Å². The Labute approximate surface area is 111 Å². The normalized spacial score (nSPS) is 10.6. The molecule has 4 nitrogen and oxygen atoms in total. The van der Waals surface area contributed by atoms with Gasteiger partial charge in [-0.05, 0) is 32.4 Å². The molecule has 0 bridgehead atoms. The summed E-state index contributed by atoms with van der Waals surface area (Å²) in [5.41, 5.74) is 6.74.